The molecule has 0 spiro atoms. The first kappa shape index (κ1) is 11.7. The van der Waals surface area contributed by atoms with Crippen LogP contribution in [-0.2, 0) is 0 Å². The number of aliphatic hydroxyl groups excluding tert-OH is 1. The SMILES string of the molecule is Cc1ccccc1C(O)c1cc(F)ccc1F. The van der Waals surface area contributed by atoms with Crippen LogP contribution in [0.1, 0.15) is 22.8 Å². The van der Waals surface area contributed by atoms with Crippen LogP contribution in [0.4, 0.5) is 8.78 Å². The van der Waals surface area contributed by atoms with Gasteiger partial charge in [0, 0.05) is 5.56 Å². The molecule has 0 saturated carbocycles. The van der Waals surface area contributed by atoms with Crippen molar-refractivity contribution in [3.05, 3.63) is 70.8 Å². The molecule has 0 saturated heterocycles. The summed E-state index contributed by atoms with van der Waals surface area (Å²) in [4.78, 5) is 0. The quantitative estimate of drug-likeness (QED) is 0.844. The molecular weight excluding hydrogens is 222 g/mol. The summed E-state index contributed by atoms with van der Waals surface area (Å²) in [6.45, 7) is 1.82. The zero-order valence-corrected chi connectivity index (χ0v) is 9.32. The van der Waals surface area contributed by atoms with Gasteiger partial charge in [-0.1, -0.05) is 24.3 Å². The second-order valence-corrected chi connectivity index (χ2v) is 3.92. The van der Waals surface area contributed by atoms with E-state index in [-0.39, 0.29) is 5.56 Å². The standard InChI is InChI=1S/C14H12F2O/c1-9-4-2-3-5-11(9)14(17)12-8-10(15)6-7-13(12)16/h2-8,14,17H,1H3. The van der Waals surface area contributed by atoms with Gasteiger partial charge >= 0.3 is 0 Å². The molecule has 2 rings (SSSR count). The van der Waals surface area contributed by atoms with Crippen molar-refractivity contribution in [3.63, 3.8) is 0 Å². The first-order valence-corrected chi connectivity index (χ1v) is 5.28. The summed E-state index contributed by atoms with van der Waals surface area (Å²) in [5.41, 5.74) is 1.37. The summed E-state index contributed by atoms with van der Waals surface area (Å²) in [6, 6.07) is 10.2. The van der Waals surface area contributed by atoms with Gasteiger partial charge < -0.3 is 5.11 Å². The molecule has 1 nitrogen and oxygen atoms in total. The van der Waals surface area contributed by atoms with E-state index in [2.05, 4.69) is 0 Å². The summed E-state index contributed by atoms with van der Waals surface area (Å²) >= 11 is 0. The molecule has 0 amide bonds. The molecule has 0 aliphatic carbocycles. The molecule has 17 heavy (non-hydrogen) atoms. The van der Waals surface area contributed by atoms with Crippen LogP contribution in [0.25, 0.3) is 0 Å². The summed E-state index contributed by atoms with van der Waals surface area (Å²) < 4.78 is 26.6. The van der Waals surface area contributed by atoms with E-state index in [0.717, 1.165) is 23.8 Å². The van der Waals surface area contributed by atoms with Crippen molar-refractivity contribution in [3.8, 4) is 0 Å². The normalized spacial score (nSPS) is 12.5. The van der Waals surface area contributed by atoms with Crippen LogP contribution < -0.4 is 0 Å². The summed E-state index contributed by atoms with van der Waals surface area (Å²) in [5.74, 6) is -1.17. The third kappa shape index (κ3) is 2.34. The van der Waals surface area contributed by atoms with Crippen molar-refractivity contribution < 1.29 is 13.9 Å². The minimum Gasteiger partial charge on any atom is -0.384 e. The lowest BCUT2D eigenvalue weighted by Crippen LogP contribution is -2.04. The molecule has 3 heteroatoms. The molecule has 0 aliphatic rings. The molecular formula is C14H12F2O. The number of rotatable bonds is 2. The van der Waals surface area contributed by atoms with Crippen molar-refractivity contribution in [1.29, 1.82) is 0 Å². The van der Waals surface area contributed by atoms with Gasteiger partial charge in [0.25, 0.3) is 0 Å². The number of benzene rings is 2. The molecule has 0 aliphatic heterocycles. The molecule has 0 fully saturated rings. The van der Waals surface area contributed by atoms with Crippen LogP contribution in [0.3, 0.4) is 0 Å². The fourth-order valence-corrected chi connectivity index (χ4v) is 1.79. The van der Waals surface area contributed by atoms with Crippen LogP contribution in [0.15, 0.2) is 42.5 Å². The third-order valence-electron chi connectivity index (χ3n) is 2.74. The molecule has 2 aromatic rings. The van der Waals surface area contributed by atoms with Crippen molar-refractivity contribution in [2.75, 3.05) is 0 Å². The lowest BCUT2D eigenvalue weighted by molar-refractivity contribution is 0.213. The fraction of sp³-hybridized carbons (Fsp3) is 0.143. The van der Waals surface area contributed by atoms with E-state index in [4.69, 9.17) is 0 Å². The lowest BCUT2D eigenvalue weighted by atomic mass is 9.97. The Balaban J connectivity index is 2.47. The lowest BCUT2D eigenvalue weighted by Gasteiger charge is -2.14. The number of aliphatic hydroxyl groups is 1. The van der Waals surface area contributed by atoms with E-state index in [0.29, 0.717) is 5.56 Å². The zero-order chi connectivity index (χ0) is 12.4. The van der Waals surface area contributed by atoms with Crippen molar-refractivity contribution in [2.24, 2.45) is 0 Å². The van der Waals surface area contributed by atoms with Crippen molar-refractivity contribution >= 4 is 0 Å². The largest absolute Gasteiger partial charge is 0.384 e. The average Bonchev–Trinajstić information content (AvgIpc) is 2.32. The van der Waals surface area contributed by atoms with E-state index in [1.165, 1.54) is 0 Å². The van der Waals surface area contributed by atoms with Gasteiger partial charge in [-0.3, -0.25) is 0 Å². The maximum Gasteiger partial charge on any atom is 0.129 e. The van der Waals surface area contributed by atoms with E-state index >= 15 is 0 Å². The maximum absolute atomic E-state index is 13.5. The molecule has 1 unspecified atom stereocenters. The topological polar surface area (TPSA) is 20.2 Å². The monoisotopic (exact) mass is 234 g/mol. The van der Waals surface area contributed by atoms with Gasteiger partial charge in [-0.2, -0.15) is 0 Å². The molecule has 0 bridgehead atoms. The Kier molecular flexibility index (Phi) is 3.20. The predicted molar refractivity (Wildman–Crippen MR) is 61.6 cm³/mol. The van der Waals surface area contributed by atoms with E-state index in [1.54, 1.807) is 12.1 Å². The Bertz CT molecular complexity index is 537. The van der Waals surface area contributed by atoms with E-state index in [1.807, 2.05) is 19.1 Å². The highest BCUT2D eigenvalue weighted by atomic mass is 19.1. The Hall–Kier alpha value is -1.74. The number of hydrogen-bond acceptors (Lipinski definition) is 1. The van der Waals surface area contributed by atoms with Gasteiger partial charge in [0.1, 0.15) is 17.7 Å². The Morgan fingerprint density at radius 3 is 2.41 bits per heavy atom. The molecule has 88 valence electrons. The molecule has 1 atom stereocenters. The van der Waals surface area contributed by atoms with Gasteiger partial charge in [0.05, 0.1) is 0 Å². The average molecular weight is 234 g/mol. The second-order valence-electron chi connectivity index (χ2n) is 3.92. The van der Waals surface area contributed by atoms with Crippen LogP contribution in [0.2, 0.25) is 0 Å². The highest BCUT2D eigenvalue weighted by Gasteiger charge is 2.17. The summed E-state index contributed by atoms with van der Waals surface area (Å²) in [6.07, 6.45) is -1.15. The number of aryl methyl sites for hydroxylation is 1. The van der Waals surface area contributed by atoms with Gasteiger partial charge in [-0.05, 0) is 36.2 Å². The molecule has 0 aromatic heterocycles. The van der Waals surface area contributed by atoms with Gasteiger partial charge in [-0.15, -0.1) is 0 Å². The van der Waals surface area contributed by atoms with Gasteiger partial charge in [0.2, 0.25) is 0 Å². The van der Waals surface area contributed by atoms with Crippen molar-refractivity contribution in [2.45, 2.75) is 13.0 Å². The Labute approximate surface area is 98.3 Å². The van der Waals surface area contributed by atoms with E-state index < -0.39 is 17.7 Å². The van der Waals surface area contributed by atoms with E-state index in [9.17, 15) is 13.9 Å². The first-order chi connectivity index (χ1) is 8.09. The van der Waals surface area contributed by atoms with Crippen LogP contribution in [0.5, 0.6) is 0 Å². The smallest absolute Gasteiger partial charge is 0.129 e. The highest BCUT2D eigenvalue weighted by molar-refractivity contribution is 5.35. The molecule has 0 heterocycles. The minimum atomic E-state index is -1.15. The zero-order valence-electron chi connectivity index (χ0n) is 9.32. The minimum absolute atomic E-state index is 0.0423. The highest BCUT2D eigenvalue weighted by Crippen LogP contribution is 2.26. The fourth-order valence-electron chi connectivity index (χ4n) is 1.79. The Morgan fingerprint density at radius 1 is 1.00 bits per heavy atom. The number of halogens is 2. The second kappa shape index (κ2) is 4.63. The first-order valence-electron chi connectivity index (χ1n) is 5.28. The molecule has 1 N–H and O–H groups in total. The van der Waals surface area contributed by atoms with Crippen LogP contribution >= 0.6 is 0 Å². The summed E-state index contributed by atoms with van der Waals surface area (Å²) in [5, 5.41) is 10.1. The van der Waals surface area contributed by atoms with Gasteiger partial charge in [0.15, 0.2) is 0 Å². The maximum atomic E-state index is 13.5. The molecule has 0 radical (unpaired) electrons. The third-order valence-corrected chi connectivity index (χ3v) is 2.74. The Morgan fingerprint density at radius 2 is 1.71 bits per heavy atom. The van der Waals surface area contributed by atoms with Crippen LogP contribution in [-0.4, -0.2) is 5.11 Å². The van der Waals surface area contributed by atoms with Gasteiger partial charge in [-0.25, -0.2) is 8.78 Å². The van der Waals surface area contributed by atoms with Crippen molar-refractivity contribution in [1.82, 2.24) is 0 Å². The molecule has 2 aromatic carbocycles. The summed E-state index contributed by atoms with van der Waals surface area (Å²) in [7, 11) is 0. The number of hydrogen-bond donors (Lipinski definition) is 1. The van der Waals surface area contributed by atoms with Crippen LogP contribution in [0, 0.1) is 18.6 Å². The predicted octanol–water partition coefficient (Wildman–Crippen LogP) is 3.35.